The largest absolute Gasteiger partial charge is 0.392 e. The van der Waals surface area contributed by atoms with E-state index in [1.54, 1.807) is 24.3 Å². The summed E-state index contributed by atoms with van der Waals surface area (Å²) in [5.74, 6) is -11.6. The third-order valence-corrected chi connectivity index (χ3v) is 8.53. The van der Waals surface area contributed by atoms with Gasteiger partial charge in [0.15, 0.2) is 23.3 Å². The second-order valence-electron chi connectivity index (χ2n) is 9.17. The minimum absolute atomic E-state index is 0.358. The van der Waals surface area contributed by atoms with E-state index >= 15 is 8.78 Å². The zero-order chi connectivity index (χ0) is 21.4. The molecule has 0 amide bonds. The van der Waals surface area contributed by atoms with E-state index in [9.17, 15) is 18.4 Å². The molecule has 0 aromatic heterocycles. The van der Waals surface area contributed by atoms with Gasteiger partial charge in [-0.2, -0.15) is 0 Å². The van der Waals surface area contributed by atoms with Gasteiger partial charge in [0.05, 0.1) is 0 Å². The predicted molar refractivity (Wildman–Crippen MR) is 97.7 cm³/mol. The molecule has 0 unspecified atom stereocenters. The first-order valence-electron chi connectivity index (χ1n) is 10.3. The number of carbonyl (C=O) groups is 2. The van der Waals surface area contributed by atoms with Gasteiger partial charge in [-0.05, 0) is 35.8 Å². The second kappa shape index (κ2) is 5.09. The number of rotatable bonds is 0. The standard InChI is InChI=1S/C24H14F4O3/c25-17-13-14(18(26)20(28)19(17)27)16-12-4-2-1-3-11(12)15(13)23-9-5-7-10(8-6-9)24(16,23)22(30)31-21(23)29/h1-5,7,9-10,15-16H,6,8H2/t9-,10+,15+,16-,23+,24-. The molecule has 7 aliphatic rings. The Bertz CT molecular complexity index is 1200. The average Bonchev–Trinajstić information content (AvgIpc) is 3.07. The number of ether oxygens (including phenoxy) is 1. The minimum atomic E-state index is -1.91. The summed E-state index contributed by atoms with van der Waals surface area (Å²) in [7, 11) is 0. The van der Waals surface area contributed by atoms with Gasteiger partial charge >= 0.3 is 11.9 Å². The highest BCUT2D eigenvalue weighted by Crippen LogP contribution is 2.81. The number of hydrogen-bond acceptors (Lipinski definition) is 3. The van der Waals surface area contributed by atoms with Crippen molar-refractivity contribution in [3.05, 3.63) is 81.9 Å². The monoisotopic (exact) mass is 426 g/mol. The lowest BCUT2D eigenvalue weighted by atomic mass is 9.31. The Labute approximate surface area is 173 Å². The van der Waals surface area contributed by atoms with E-state index in [1.165, 1.54) is 0 Å². The van der Waals surface area contributed by atoms with Gasteiger partial charge in [-0.3, -0.25) is 9.59 Å². The van der Waals surface area contributed by atoms with Crippen molar-refractivity contribution in [2.45, 2.75) is 24.7 Å². The zero-order valence-corrected chi connectivity index (χ0v) is 15.9. The molecule has 1 saturated carbocycles. The summed E-state index contributed by atoms with van der Waals surface area (Å²) in [4.78, 5) is 26.9. The molecule has 156 valence electrons. The van der Waals surface area contributed by atoms with Crippen molar-refractivity contribution in [1.82, 2.24) is 0 Å². The smallest absolute Gasteiger partial charge is 0.322 e. The third-order valence-electron chi connectivity index (χ3n) is 8.53. The van der Waals surface area contributed by atoms with Crippen LogP contribution < -0.4 is 0 Å². The van der Waals surface area contributed by atoms with Crippen molar-refractivity contribution in [3.8, 4) is 0 Å². The van der Waals surface area contributed by atoms with Crippen LogP contribution in [0.1, 0.15) is 46.9 Å². The Hall–Kier alpha value is -2.96. The molecule has 2 fully saturated rings. The first-order chi connectivity index (χ1) is 14.9. The van der Waals surface area contributed by atoms with Gasteiger partial charge in [-0.25, -0.2) is 17.6 Å². The Kier molecular flexibility index (Phi) is 2.90. The normalized spacial score (nSPS) is 37.9. The van der Waals surface area contributed by atoms with Crippen LogP contribution in [0.3, 0.4) is 0 Å². The molecule has 6 aliphatic carbocycles. The minimum Gasteiger partial charge on any atom is -0.392 e. The molecule has 0 N–H and O–H groups in total. The third kappa shape index (κ3) is 1.48. The number of benzene rings is 2. The van der Waals surface area contributed by atoms with Crippen LogP contribution >= 0.6 is 0 Å². The predicted octanol–water partition coefficient (Wildman–Crippen LogP) is 4.49. The molecule has 31 heavy (non-hydrogen) atoms. The zero-order valence-electron chi connectivity index (χ0n) is 15.9. The molecule has 3 nitrogen and oxygen atoms in total. The highest BCUT2D eigenvalue weighted by molar-refractivity contribution is 6.07. The molecule has 2 aromatic rings. The van der Waals surface area contributed by atoms with Gasteiger partial charge in [0.2, 0.25) is 0 Å². The second-order valence-corrected chi connectivity index (χ2v) is 9.17. The molecule has 0 radical (unpaired) electrons. The summed E-state index contributed by atoms with van der Waals surface area (Å²) in [5, 5.41) is 0. The molecule has 1 heterocycles. The highest BCUT2D eigenvalue weighted by atomic mass is 19.2. The van der Waals surface area contributed by atoms with Crippen LogP contribution in [0.25, 0.3) is 0 Å². The molecule has 9 rings (SSSR count). The maximum absolute atomic E-state index is 15.3. The number of hydrogen-bond donors (Lipinski definition) is 0. The Morgan fingerprint density at radius 1 is 0.710 bits per heavy atom. The lowest BCUT2D eigenvalue weighted by Crippen LogP contribution is -2.68. The van der Waals surface area contributed by atoms with Crippen LogP contribution in [-0.4, -0.2) is 11.9 Å². The summed E-state index contributed by atoms with van der Waals surface area (Å²) in [6, 6.07) is 6.78. The van der Waals surface area contributed by atoms with E-state index in [0.717, 1.165) is 0 Å². The van der Waals surface area contributed by atoms with Crippen LogP contribution in [0.2, 0.25) is 0 Å². The van der Waals surface area contributed by atoms with Gasteiger partial charge in [0.1, 0.15) is 10.8 Å². The molecule has 2 aromatic carbocycles. The molecule has 4 bridgehead atoms. The van der Waals surface area contributed by atoms with Crippen molar-refractivity contribution < 1.29 is 31.9 Å². The van der Waals surface area contributed by atoms with Crippen LogP contribution in [-0.2, 0) is 14.3 Å². The molecular weight excluding hydrogens is 412 g/mol. The van der Waals surface area contributed by atoms with Crippen molar-refractivity contribution in [2.75, 3.05) is 0 Å². The van der Waals surface area contributed by atoms with Crippen molar-refractivity contribution >= 4 is 11.9 Å². The van der Waals surface area contributed by atoms with Gasteiger partial charge in [0, 0.05) is 23.0 Å². The maximum atomic E-state index is 15.3. The van der Waals surface area contributed by atoms with E-state index in [-0.39, 0.29) is 11.1 Å². The van der Waals surface area contributed by atoms with E-state index in [4.69, 9.17) is 4.74 Å². The summed E-state index contributed by atoms with van der Waals surface area (Å²) < 4.78 is 64.7. The van der Waals surface area contributed by atoms with Crippen molar-refractivity contribution in [1.29, 1.82) is 0 Å². The van der Waals surface area contributed by atoms with Gasteiger partial charge < -0.3 is 4.74 Å². The van der Waals surface area contributed by atoms with Gasteiger partial charge in [-0.1, -0.05) is 36.4 Å². The van der Waals surface area contributed by atoms with E-state index in [1.807, 2.05) is 12.2 Å². The SMILES string of the molecule is O=C1OC(=O)[C@]23[C@H]4c5ccccc5[C@H](c5c(F)c(F)c(F)c(F)c54)[C@]12[C@H]1C=C[C@@H]3CC1. The highest BCUT2D eigenvalue weighted by Gasteiger charge is 2.85. The first kappa shape index (κ1) is 17.7. The Balaban J connectivity index is 1.74. The fraction of sp³-hybridized carbons (Fsp3) is 0.333. The summed E-state index contributed by atoms with van der Waals surface area (Å²) in [6.07, 6.45) is 4.84. The fourth-order valence-corrected chi connectivity index (χ4v) is 7.75. The van der Waals surface area contributed by atoms with Gasteiger partial charge in [-0.15, -0.1) is 0 Å². The molecule has 1 aliphatic heterocycles. The van der Waals surface area contributed by atoms with E-state index < -0.39 is 69.7 Å². The van der Waals surface area contributed by atoms with Gasteiger partial charge in [0.25, 0.3) is 0 Å². The van der Waals surface area contributed by atoms with Crippen LogP contribution in [0.5, 0.6) is 0 Å². The summed E-state index contributed by atoms with van der Waals surface area (Å²) in [6.45, 7) is 0. The van der Waals surface area contributed by atoms with Crippen LogP contribution in [0, 0.1) is 45.9 Å². The van der Waals surface area contributed by atoms with E-state index in [0.29, 0.717) is 24.0 Å². The van der Waals surface area contributed by atoms with Crippen LogP contribution in [0.4, 0.5) is 17.6 Å². The number of esters is 2. The molecular formula is C24H14F4O3. The number of fused-ring (bicyclic) bond motifs is 1. The van der Waals surface area contributed by atoms with Crippen molar-refractivity contribution in [3.63, 3.8) is 0 Å². The first-order valence-corrected chi connectivity index (χ1v) is 10.3. The van der Waals surface area contributed by atoms with Crippen molar-refractivity contribution in [2.24, 2.45) is 22.7 Å². The quantitative estimate of drug-likeness (QED) is 0.156. The molecule has 0 spiro atoms. The summed E-state index contributed by atoms with van der Waals surface area (Å²) >= 11 is 0. The maximum Gasteiger partial charge on any atom is 0.322 e. The van der Waals surface area contributed by atoms with E-state index in [2.05, 4.69) is 0 Å². The Morgan fingerprint density at radius 3 is 1.52 bits per heavy atom. The molecule has 6 atom stereocenters. The average molecular weight is 426 g/mol. The topological polar surface area (TPSA) is 43.4 Å². The fourth-order valence-electron chi connectivity index (χ4n) is 7.75. The molecule has 1 saturated heterocycles. The lowest BCUT2D eigenvalue weighted by molar-refractivity contribution is -0.161. The lowest BCUT2D eigenvalue weighted by Gasteiger charge is -2.66. The number of halogens is 4. The summed E-state index contributed by atoms with van der Waals surface area (Å²) in [5.41, 5.74) is -2.66. The number of cyclic esters (lactones) is 2. The van der Waals surface area contributed by atoms with Crippen LogP contribution in [0.15, 0.2) is 36.4 Å². The number of carbonyl (C=O) groups excluding carboxylic acids is 2. The number of allylic oxidation sites excluding steroid dienone is 2. The molecule has 7 heteroatoms. The Morgan fingerprint density at radius 2 is 1.13 bits per heavy atom.